The summed E-state index contributed by atoms with van der Waals surface area (Å²) < 4.78 is 16.3. The summed E-state index contributed by atoms with van der Waals surface area (Å²) in [6.07, 6.45) is 44.9. The van der Waals surface area contributed by atoms with Gasteiger partial charge in [0.15, 0.2) is 6.10 Å². The second-order valence-corrected chi connectivity index (χ2v) is 11.7. The van der Waals surface area contributed by atoms with E-state index in [1.807, 2.05) is 18.2 Å². The minimum atomic E-state index is -0.859. The molecule has 0 bridgehead atoms. The number of hydrogen-bond donors (Lipinski definition) is 0. The van der Waals surface area contributed by atoms with Crippen LogP contribution in [-0.2, 0) is 28.6 Å². The van der Waals surface area contributed by atoms with E-state index in [1.165, 1.54) is 32.1 Å². The summed E-state index contributed by atoms with van der Waals surface area (Å²) in [5, 5.41) is 0. The lowest BCUT2D eigenvalue weighted by Gasteiger charge is -2.17. The van der Waals surface area contributed by atoms with Crippen LogP contribution in [0.4, 0.5) is 0 Å². The Hall–Kier alpha value is -3.41. The largest absolute Gasteiger partial charge is 0.462 e. The second kappa shape index (κ2) is 36.4. The summed E-state index contributed by atoms with van der Waals surface area (Å²) in [5.74, 6) is -1.23. The molecule has 270 valence electrons. The first kappa shape index (κ1) is 44.6. The second-order valence-electron chi connectivity index (χ2n) is 11.7. The number of carbonyl (C=O) groups excluding carboxylic acids is 3. The number of unbranched alkanes of at least 4 members (excludes halogenated alkanes) is 8. The average Bonchev–Trinajstić information content (AvgIpc) is 3.08. The Labute approximate surface area is 293 Å². The number of carbonyl (C=O) groups is 3. The predicted molar refractivity (Wildman–Crippen MR) is 201 cm³/mol. The van der Waals surface area contributed by atoms with Gasteiger partial charge in [0.05, 0.1) is 12.8 Å². The van der Waals surface area contributed by atoms with Gasteiger partial charge in [0.2, 0.25) is 0 Å². The zero-order chi connectivity index (χ0) is 35.2. The van der Waals surface area contributed by atoms with E-state index in [2.05, 4.69) is 75.5 Å². The molecule has 0 aliphatic rings. The van der Waals surface area contributed by atoms with Gasteiger partial charge in [0, 0.05) is 6.42 Å². The highest BCUT2D eigenvalue weighted by atomic mass is 16.6. The molecule has 0 fully saturated rings. The van der Waals surface area contributed by atoms with Gasteiger partial charge in [-0.15, -0.1) is 0 Å². The maximum atomic E-state index is 12.5. The van der Waals surface area contributed by atoms with Gasteiger partial charge in [0.25, 0.3) is 0 Å². The molecule has 0 saturated heterocycles. The number of rotatable bonds is 31. The standard InChI is InChI=1S/C42H66O6/c1-4-7-10-13-16-19-20-21-24-26-29-32-35-41(44)47-38-39(48-42(45)36-33-30-27-23-18-15-12-9-6-3)37-46-40(43)34-31-28-25-22-17-14-11-8-5-2/h8-9,11-12,16-19,22-23,28,30-31,33,39H,4-7,10,13-15,20-21,24-27,29,32,34-38H2,1-3H3/b11-8-,12-9-,19-16-,22-17-,23-18-,31-28-,33-30-. The van der Waals surface area contributed by atoms with E-state index in [0.717, 1.165) is 70.6 Å². The molecule has 0 rings (SSSR count). The Morgan fingerprint density at radius 2 is 0.896 bits per heavy atom. The highest BCUT2D eigenvalue weighted by Gasteiger charge is 2.19. The molecule has 6 heteroatoms. The molecule has 0 aromatic rings. The van der Waals surface area contributed by atoms with E-state index >= 15 is 0 Å². The molecule has 0 aromatic carbocycles. The lowest BCUT2D eigenvalue weighted by atomic mass is 10.1. The molecule has 0 radical (unpaired) electrons. The van der Waals surface area contributed by atoms with Crippen molar-refractivity contribution in [2.75, 3.05) is 13.2 Å². The van der Waals surface area contributed by atoms with Crippen LogP contribution < -0.4 is 0 Å². The van der Waals surface area contributed by atoms with E-state index in [9.17, 15) is 14.4 Å². The van der Waals surface area contributed by atoms with Crippen LogP contribution in [0.5, 0.6) is 0 Å². The molecule has 1 atom stereocenters. The Morgan fingerprint density at radius 3 is 1.44 bits per heavy atom. The molecule has 0 heterocycles. The van der Waals surface area contributed by atoms with Crippen molar-refractivity contribution in [3.05, 3.63) is 85.1 Å². The van der Waals surface area contributed by atoms with Gasteiger partial charge in [-0.3, -0.25) is 14.4 Å². The number of ether oxygens (including phenoxy) is 3. The highest BCUT2D eigenvalue weighted by Crippen LogP contribution is 2.10. The quantitative estimate of drug-likeness (QED) is 0.0317. The van der Waals surface area contributed by atoms with Gasteiger partial charge in [0.1, 0.15) is 13.2 Å². The van der Waals surface area contributed by atoms with Gasteiger partial charge >= 0.3 is 17.9 Å². The Morgan fingerprint density at radius 1 is 0.458 bits per heavy atom. The monoisotopic (exact) mass is 666 g/mol. The van der Waals surface area contributed by atoms with Crippen molar-refractivity contribution in [3.63, 3.8) is 0 Å². The highest BCUT2D eigenvalue weighted by molar-refractivity contribution is 5.72. The Bertz CT molecular complexity index is 998. The van der Waals surface area contributed by atoms with Crippen molar-refractivity contribution >= 4 is 17.9 Å². The molecule has 0 aliphatic carbocycles. The van der Waals surface area contributed by atoms with Crippen molar-refractivity contribution in [2.24, 2.45) is 0 Å². The first-order chi connectivity index (χ1) is 23.5. The fourth-order valence-corrected chi connectivity index (χ4v) is 4.44. The van der Waals surface area contributed by atoms with Crippen LogP contribution in [0.2, 0.25) is 0 Å². The van der Waals surface area contributed by atoms with Gasteiger partial charge in [-0.05, 0) is 70.6 Å². The SMILES string of the molecule is CC/C=C\C/C=C\C/C=C\CC(=O)OCC(COC(=O)CCCCCCC/C=C\CCCCC)OC(=O)C/C=C\C/C=C\C/C=C\CC. The predicted octanol–water partition coefficient (Wildman–Crippen LogP) is 11.3. The number of esters is 3. The summed E-state index contributed by atoms with van der Waals surface area (Å²) in [4.78, 5) is 37.2. The lowest BCUT2D eigenvalue weighted by Crippen LogP contribution is -2.30. The first-order valence-corrected chi connectivity index (χ1v) is 18.6. The minimum Gasteiger partial charge on any atom is -0.462 e. The fraction of sp³-hybridized carbons (Fsp3) is 0.595. The topological polar surface area (TPSA) is 78.9 Å². The molecule has 0 aromatic heterocycles. The van der Waals surface area contributed by atoms with Gasteiger partial charge in [-0.25, -0.2) is 0 Å². The van der Waals surface area contributed by atoms with Crippen LogP contribution >= 0.6 is 0 Å². The van der Waals surface area contributed by atoms with E-state index in [-0.39, 0.29) is 32.0 Å². The Balaban J connectivity index is 4.58. The van der Waals surface area contributed by atoms with Crippen LogP contribution in [0.3, 0.4) is 0 Å². The third-order valence-corrected chi connectivity index (χ3v) is 7.18. The van der Waals surface area contributed by atoms with Crippen LogP contribution in [0.1, 0.15) is 143 Å². The van der Waals surface area contributed by atoms with Crippen LogP contribution in [-0.4, -0.2) is 37.2 Å². The van der Waals surface area contributed by atoms with Crippen molar-refractivity contribution in [2.45, 2.75) is 149 Å². The zero-order valence-electron chi connectivity index (χ0n) is 30.5. The summed E-state index contributed by atoms with van der Waals surface area (Å²) in [6, 6.07) is 0. The average molecular weight is 667 g/mol. The van der Waals surface area contributed by atoms with Crippen LogP contribution in [0.15, 0.2) is 85.1 Å². The summed E-state index contributed by atoms with van der Waals surface area (Å²) >= 11 is 0. The molecular weight excluding hydrogens is 600 g/mol. The molecule has 0 amide bonds. The van der Waals surface area contributed by atoms with Crippen LogP contribution in [0, 0.1) is 0 Å². The normalized spacial score (nSPS) is 13.0. The van der Waals surface area contributed by atoms with Gasteiger partial charge < -0.3 is 14.2 Å². The minimum absolute atomic E-state index is 0.0844. The first-order valence-electron chi connectivity index (χ1n) is 18.6. The lowest BCUT2D eigenvalue weighted by molar-refractivity contribution is -0.166. The number of allylic oxidation sites excluding steroid dienone is 12. The maximum Gasteiger partial charge on any atom is 0.310 e. The van der Waals surface area contributed by atoms with Crippen molar-refractivity contribution in [1.29, 1.82) is 0 Å². The van der Waals surface area contributed by atoms with Crippen molar-refractivity contribution < 1.29 is 28.6 Å². The van der Waals surface area contributed by atoms with E-state index < -0.39 is 18.0 Å². The summed E-state index contributed by atoms with van der Waals surface area (Å²) in [6.45, 7) is 6.12. The summed E-state index contributed by atoms with van der Waals surface area (Å²) in [7, 11) is 0. The molecule has 0 spiro atoms. The number of hydrogen-bond acceptors (Lipinski definition) is 6. The Kier molecular flexibility index (Phi) is 33.8. The third-order valence-electron chi connectivity index (χ3n) is 7.18. The van der Waals surface area contributed by atoms with Gasteiger partial charge in [-0.2, -0.15) is 0 Å². The fourth-order valence-electron chi connectivity index (χ4n) is 4.44. The van der Waals surface area contributed by atoms with Gasteiger partial charge in [-0.1, -0.05) is 138 Å². The molecule has 0 N–H and O–H groups in total. The molecule has 6 nitrogen and oxygen atoms in total. The summed E-state index contributed by atoms with van der Waals surface area (Å²) in [5.41, 5.74) is 0. The zero-order valence-corrected chi connectivity index (χ0v) is 30.5. The maximum absolute atomic E-state index is 12.5. The van der Waals surface area contributed by atoms with E-state index in [1.54, 1.807) is 12.2 Å². The molecule has 0 aliphatic heterocycles. The van der Waals surface area contributed by atoms with E-state index in [0.29, 0.717) is 6.42 Å². The molecule has 0 saturated carbocycles. The van der Waals surface area contributed by atoms with Crippen molar-refractivity contribution in [3.8, 4) is 0 Å². The third kappa shape index (κ3) is 33.9. The van der Waals surface area contributed by atoms with Crippen molar-refractivity contribution in [1.82, 2.24) is 0 Å². The molecule has 48 heavy (non-hydrogen) atoms. The van der Waals surface area contributed by atoms with E-state index in [4.69, 9.17) is 14.2 Å². The van der Waals surface area contributed by atoms with Crippen LogP contribution in [0.25, 0.3) is 0 Å². The molecular formula is C42H66O6. The smallest absolute Gasteiger partial charge is 0.310 e. The molecule has 1 unspecified atom stereocenters.